The number of ether oxygens (including phenoxy) is 2. The molecule has 0 bridgehead atoms. The lowest BCUT2D eigenvalue weighted by atomic mass is 10.1. The molecule has 158 valence electrons. The van der Waals surface area contributed by atoms with E-state index in [1.165, 1.54) is 6.42 Å². The number of carbonyl (C=O) groups excluding carboxylic acids is 1. The number of benzene rings is 1. The lowest BCUT2D eigenvalue weighted by Crippen LogP contribution is -2.41. The summed E-state index contributed by atoms with van der Waals surface area (Å²) in [6, 6.07) is 5.90. The molecule has 1 amide bonds. The molecule has 1 fully saturated rings. The summed E-state index contributed by atoms with van der Waals surface area (Å²) in [7, 11) is 3.26. The summed E-state index contributed by atoms with van der Waals surface area (Å²) in [5.41, 5.74) is 1.14. The van der Waals surface area contributed by atoms with E-state index in [-0.39, 0.29) is 36.4 Å². The molecule has 0 radical (unpaired) electrons. The first-order valence-electron chi connectivity index (χ1n) is 9.68. The molecule has 8 heteroatoms. The highest BCUT2D eigenvalue weighted by Gasteiger charge is 2.15. The van der Waals surface area contributed by atoms with Gasteiger partial charge in [-0.05, 0) is 50.3 Å². The monoisotopic (exact) mass is 504 g/mol. The molecule has 7 nitrogen and oxygen atoms in total. The summed E-state index contributed by atoms with van der Waals surface area (Å²) in [4.78, 5) is 18.6. The second kappa shape index (κ2) is 13.5. The van der Waals surface area contributed by atoms with Crippen LogP contribution in [0.3, 0.4) is 0 Å². The zero-order valence-corrected chi connectivity index (χ0v) is 19.5. The minimum Gasteiger partial charge on any atom is -0.493 e. The Morgan fingerprint density at radius 3 is 2.46 bits per heavy atom. The lowest BCUT2D eigenvalue weighted by molar-refractivity contribution is -0.130. The summed E-state index contributed by atoms with van der Waals surface area (Å²) >= 11 is 0. The Balaban J connectivity index is 0.00000392. The van der Waals surface area contributed by atoms with Gasteiger partial charge in [0.15, 0.2) is 17.5 Å². The van der Waals surface area contributed by atoms with Crippen molar-refractivity contribution in [2.75, 3.05) is 46.9 Å². The van der Waals surface area contributed by atoms with E-state index in [1.54, 1.807) is 14.2 Å². The van der Waals surface area contributed by atoms with Crippen LogP contribution in [-0.4, -0.2) is 63.7 Å². The Kier molecular flexibility index (Phi) is 11.7. The fourth-order valence-electron chi connectivity index (χ4n) is 3.09. The Labute approximate surface area is 185 Å². The molecule has 1 aromatic carbocycles. The van der Waals surface area contributed by atoms with E-state index >= 15 is 0 Å². The first-order valence-corrected chi connectivity index (χ1v) is 9.68. The smallest absolute Gasteiger partial charge is 0.244 e. The molecular weight excluding hydrogens is 471 g/mol. The van der Waals surface area contributed by atoms with Crippen LogP contribution in [0.15, 0.2) is 23.2 Å². The van der Waals surface area contributed by atoms with Crippen molar-refractivity contribution < 1.29 is 14.3 Å². The number of carbonyl (C=O) groups is 1. The number of hydrogen-bond donors (Lipinski definition) is 2. The normalized spacial score (nSPS) is 14.1. The zero-order chi connectivity index (χ0) is 19.5. The Bertz CT molecular complexity index is 634. The minimum absolute atomic E-state index is 0. The SMILES string of the molecule is CCNC(=NCC(=O)N1CCCCC1)NCCc1ccc(OC)c(OC)c1.I. The molecule has 2 N–H and O–H groups in total. The largest absolute Gasteiger partial charge is 0.493 e. The molecule has 28 heavy (non-hydrogen) atoms. The predicted molar refractivity (Wildman–Crippen MR) is 123 cm³/mol. The van der Waals surface area contributed by atoms with Crippen LogP contribution < -0.4 is 20.1 Å². The number of nitrogens with one attached hydrogen (secondary N) is 2. The van der Waals surface area contributed by atoms with Gasteiger partial charge in [0.2, 0.25) is 5.91 Å². The second-order valence-corrected chi connectivity index (χ2v) is 6.50. The van der Waals surface area contributed by atoms with E-state index in [1.807, 2.05) is 30.0 Å². The van der Waals surface area contributed by atoms with Crippen molar-refractivity contribution in [3.8, 4) is 11.5 Å². The molecule has 0 aliphatic carbocycles. The number of piperidine rings is 1. The Morgan fingerprint density at radius 1 is 1.11 bits per heavy atom. The molecule has 0 aromatic heterocycles. The minimum atomic E-state index is 0. The number of nitrogens with zero attached hydrogens (tertiary/aromatic N) is 2. The van der Waals surface area contributed by atoms with Crippen LogP contribution in [0.2, 0.25) is 0 Å². The van der Waals surface area contributed by atoms with Gasteiger partial charge in [-0.25, -0.2) is 4.99 Å². The predicted octanol–water partition coefficient (Wildman–Crippen LogP) is 2.43. The molecule has 1 aromatic rings. The van der Waals surface area contributed by atoms with Crippen LogP contribution in [0.1, 0.15) is 31.7 Å². The molecule has 0 unspecified atom stereocenters. The van der Waals surface area contributed by atoms with E-state index in [0.29, 0.717) is 12.5 Å². The number of rotatable bonds is 8. The van der Waals surface area contributed by atoms with Gasteiger partial charge in [0, 0.05) is 26.2 Å². The van der Waals surface area contributed by atoms with Crippen molar-refractivity contribution in [2.24, 2.45) is 4.99 Å². The maximum Gasteiger partial charge on any atom is 0.244 e. The van der Waals surface area contributed by atoms with Gasteiger partial charge in [0.25, 0.3) is 0 Å². The van der Waals surface area contributed by atoms with Crippen LogP contribution in [0.5, 0.6) is 11.5 Å². The average Bonchev–Trinajstić information content (AvgIpc) is 2.72. The van der Waals surface area contributed by atoms with Crippen molar-refractivity contribution in [1.29, 1.82) is 0 Å². The summed E-state index contributed by atoms with van der Waals surface area (Å²) in [5.74, 6) is 2.22. The molecule has 0 atom stereocenters. The van der Waals surface area contributed by atoms with E-state index in [2.05, 4.69) is 15.6 Å². The first-order chi connectivity index (χ1) is 13.2. The summed E-state index contributed by atoms with van der Waals surface area (Å²) < 4.78 is 10.6. The van der Waals surface area contributed by atoms with Gasteiger partial charge in [-0.1, -0.05) is 6.07 Å². The number of methoxy groups -OCH3 is 2. The molecule has 1 heterocycles. The highest BCUT2D eigenvalue weighted by atomic mass is 127. The summed E-state index contributed by atoms with van der Waals surface area (Å²) in [6.07, 6.45) is 4.22. The number of guanidine groups is 1. The van der Waals surface area contributed by atoms with Gasteiger partial charge < -0.3 is 25.0 Å². The molecule has 0 saturated carbocycles. The average molecular weight is 504 g/mol. The van der Waals surface area contributed by atoms with E-state index in [9.17, 15) is 4.79 Å². The lowest BCUT2D eigenvalue weighted by Gasteiger charge is -2.26. The summed E-state index contributed by atoms with van der Waals surface area (Å²) in [6.45, 7) is 5.37. The number of likely N-dealkylation sites (tertiary alicyclic amines) is 1. The molecule has 2 rings (SSSR count). The topological polar surface area (TPSA) is 75.2 Å². The number of hydrogen-bond acceptors (Lipinski definition) is 4. The van der Waals surface area contributed by atoms with Gasteiger partial charge in [0.05, 0.1) is 14.2 Å². The van der Waals surface area contributed by atoms with E-state index < -0.39 is 0 Å². The van der Waals surface area contributed by atoms with Crippen LogP contribution >= 0.6 is 24.0 Å². The second-order valence-electron chi connectivity index (χ2n) is 6.50. The zero-order valence-electron chi connectivity index (χ0n) is 17.1. The Hall–Kier alpha value is -1.71. The number of aliphatic imine (C=N–C) groups is 1. The number of halogens is 1. The molecule has 1 aliphatic heterocycles. The van der Waals surface area contributed by atoms with Gasteiger partial charge in [0.1, 0.15) is 6.54 Å². The third kappa shape index (κ3) is 7.73. The fraction of sp³-hybridized carbons (Fsp3) is 0.600. The van der Waals surface area contributed by atoms with E-state index in [4.69, 9.17) is 9.47 Å². The van der Waals surface area contributed by atoms with Crippen molar-refractivity contribution in [3.63, 3.8) is 0 Å². The van der Waals surface area contributed by atoms with E-state index in [0.717, 1.165) is 56.0 Å². The fourth-order valence-corrected chi connectivity index (χ4v) is 3.09. The molecule has 1 aliphatic rings. The molecular formula is C20H33IN4O3. The van der Waals surface area contributed by atoms with Crippen LogP contribution in [0.4, 0.5) is 0 Å². The van der Waals surface area contributed by atoms with Gasteiger partial charge in [-0.2, -0.15) is 0 Å². The maximum atomic E-state index is 12.3. The van der Waals surface area contributed by atoms with Gasteiger partial charge >= 0.3 is 0 Å². The van der Waals surface area contributed by atoms with Crippen LogP contribution in [0.25, 0.3) is 0 Å². The van der Waals surface area contributed by atoms with Gasteiger partial charge in [-0.15, -0.1) is 24.0 Å². The highest BCUT2D eigenvalue weighted by molar-refractivity contribution is 14.0. The maximum absolute atomic E-state index is 12.3. The van der Waals surface area contributed by atoms with Crippen molar-refractivity contribution in [2.45, 2.75) is 32.6 Å². The highest BCUT2D eigenvalue weighted by Crippen LogP contribution is 2.27. The van der Waals surface area contributed by atoms with Crippen molar-refractivity contribution >= 4 is 35.8 Å². The summed E-state index contributed by atoms with van der Waals surface area (Å²) in [5, 5.41) is 6.48. The van der Waals surface area contributed by atoms with Gasteiger partial charge in [-0.3, -0.25) is 4.79 Å². The molecule has 0 spiro atoms. The van der Waals surface area contributed by atoms with Crippen molar-refractivity contribution in [1.82, 2.24) is 15.5 Å². The van der Waals surface area contributed by atoms with Crippen LogP contribution in [-0.2, 0) is 11.2 Å². The number of amides is 1. The molecule has 1 saturated heterocycles. The van der Waals surface area contributed by atoms with Crippen molar-refractivity contribution in [3.05, 3.63) is 23.8 Å². The third-order valence-corrected chi connectivity index (χ3v) is 4.58. The standard InChI is InChI=1S/C20H32N4O3.HI/c1-4-21-20(23-15-19(25)24-12-6-5-7-13-24)22-11-10-16-8-9-17(26-2)18(14-16)27-3;/h8-9,14H,4-7,10-13,15H2,1-3H3,(H2,21,22,23);1H. The first kappa shape index (κ1) is 24.3. The Morgan fingerprint density at radius 2 is 1.82 bits per heavy atom. The quantitative estimate of drug-likeness (QED) is 0.323. The van der Waals surface area contributed by atoms with Crippen LogP contribution in [0, 0.1) is 0 Å². The third-order valence-electron chi connectivity index (χ3n) is 4.58.